The lowest BCUT2D eigenvalue weighted by Gasteiger charge is -2.27. The Morgan fingerprint density at radius 2 is 2.38 bits per heavy atom. The Bertz CT molecular complexity index is 364. The lowest BCUT2D eigenvalue weighted by molar-refractivity contribution is 0.193. The zero-order valence-electron chi connectivity index (χ0n) is 9.45. The molecule has 2 rings (SSSR count). The molecule has 1 aliphatic rings. The SMILES string of the molecule is CN(c1c(F)cccc1CN)C1CCOC1. The molecule has 4 heteroatoms. The smallest absolute Gasteiger partial charge is 0.146 e. The number of anilines is 1. The zero-order chi connectivity index (χ0) is 11.5. The Hall–Kier alpha value is -1.13. The van der Waals surface area contributed by atoms with E-state index >= 15 is 0 Å². The van der Waals surface area contributed by atoms with Gasteiger partial charge in [0.15, 0.2) is 0 Å². The second-order valence-corrected chi connectivity index (χ2v) is 4.08. The topological polar surface area (TPSA) is 38.5 Å². The summed E-state index contributed by atoms with van der Waals surface area (Å²) in [4.78, 5) is 1.95. The van der Waals surface area contributed by atoms with Crippen LogP contribution in [0.4, 0.5) is 10.1 Å². The van der Waals surface area contributed by atoms with Gasteiger partial charge in [-0.05, 0) is 18.1 Å². The molecule has 16 heavy (non-hydrogen) atoms. The monoisotopic (exact) mass is 224 g/mol. The molecule has 0 amide bonds. The van der Waals surface area contributed by atoms with Crippen molar-refractivity contribution in [2.24, 2.45) is 5.73 Å². The van der Waals surface area contributed by atoms with Crippen LogP contribution in [0.1, 0.15) is 12.0 Å². The van der Waals surface area contributed by atoms with E-state index in [4.69, 9.17) is 10.5 Å². The maximum Gasteiger partial charge on any atom is 0.146 e. The Morgan fingerprint density at radius 3 is 3.00 bits per heavy atom. The van der Waals surface area contributed by atoms with E-state index in [-0.39, 0.29) is 11.9 Å². The Morgan fingerprint density at radius 1 is 1.56 bits per heavy atom. The van der Waals surface area contributed by atoms with Crippen molar-refractivity contribution in [2.45, 2.75) is 19.0 Å². The van der Waals surface area contributed by atoms with Gasteiger partial charge in [0.2, 0.25) is 0 Å². The fourth-order valence-corrected chi connectivity index (χ4v) is 2.13. The largest absolute Gasteiger partial charge is 0.379 e. The molecule has 0 aliphatic carbocycles. The van der Waals surface area contributed by atoms with E-state index in [9.17, 15) is 4.39 Å². The fraction of sp³-hybridized carbons (Fsp3) is 0.500. The molecule has 3 nitrogen and oxygen atoms in total. The lowest BCUT2D eigenvalue weighted by Crippen LogP contribution is -2.33. The molecule has 1 aromatic carbocycles. The Labute approximate surface area is 95.0 Å². The van der Waals surface area contributed by atoms with Crippen molar-refractivity contribution in [3.05, 3.63) is 29.6 Å². The van der Waals surface area contributed by atoms with Crippen molar-refractivity contribution in [1.29, 1.82) is 0 Å². The van der Waals surface area contributed by atoms with Gasteiger partial charge in [-0.2, -0.15) is 0 Å². The molecular weight excluding hydrogens is 207 g/mol. The van der Waals surface area contributed by atoms with Gasteiger partial charge >= 0.3 is 0 Å². The van der Waals surface area contributed by atoms with Crippen molar-refractivity contribution in [1.82, 2.24) is 0 Å². The number of likely N-dealkylation sites (N-methyl/N-ethyl adjacent to an activating group) is 1. The highest BCUT2D eigenvalue weighted by molar-refractivity contribution is 5.55. The van der Waals surface area contributed by atoms with Crippen LogP contribution in [0.2, 0.25) is 0 Å². The maximum atomic E-state index is 13.8. The summed E-state index contributed by atoms with van der Waals surface area (Å²) in [6, 6.07) is 5.29. The first-order valence-corrected chi connectivity index (χ1v) is 5.52. The molecule has 0 aromatic heterocycles. The molecule has 0 bridgehead atoms. The van der Waals surface area contributed by atoms with E-state index in [1.807, 2.05) is 18.0 Å². The van der Waals surface area contributed by atoms with Crippen LogP contribution in [0.15, 0.2) is 18.2 Å². The molecule has 2 N–H and O–H groups in total. The molecule has 1 saturated heterocycles. The molecule has 0 radical (unpaired) electrons. The van der Waals surface area contributed by atoms with Crippen LogP contribution in [-0.2, 0) is 11.3 Å². The van der Waals surface area contributed by atoms with Gasteiger partial charge in [-0.1, -0.05) is 12.1 Å². The van der Waals surface area contributed by atoms with Crippen LogP contribution < -0.4 is 10.6 Å². The molecule has 1 fully saturated rings. The van der Waals surface area contributed by atoms with Crippen molar-refractivity contribution >= 4 is 5.69 Å². The van der Waals surface area contributed by atoms with Crippen LogP contribution in [0.5, 0.6) is 0 Å². The standard InChI is InChI=1S/C12H17FN2O/c1-15(10-5-6-16-8-10)12-9(7-14)3-2-4-11(12)13/h2-4,10H,5-8,14H2,1H3. The highest BCUT2D eigenvalue weighted by Crippen LogP contribution is 2.27. The third kappa shape index (κ3) is 2.03. The quantitative estimate of drug-likeness (QED) is 0.845. The number of ether oxygens (including phenoxy) is 1. The lowest BCUT2D eigenvalue weighted by atomic mass is 10.1. The highest BCUT2D eigenvalue weighted by atomic mass is 19.1. The number of hydrogen-bond donors (Lipinski definition) is 1. The summed E-state index contributed by atoms with van der Waals surface area (Å²) in [5, 5.41) is 0. The van der Waals surface area contributed by atoms with Gasteiger partial charge in [-0.15, -0.1) is 0 Å². The van der Waals surface area contributed by atoms with Crippen LogP contribution in [-0.4, -0.2) is 26.3 Å². The van der Waals surface area contributed by atoms with Crippen molar-refractivity contribution in [3.63, 3.8) is 0 Å². The Balaban J connectivity index is 2.30. The first-order chi connectivity index (χ1) is 7.74. The van der Waals surface area contributed by atoms with Crippen molar-refractivity contribution in [2.75, 3.05) is 25.2 Å². The van der Waals surface area contributed by atoms with Gasteiger partial charge in [-0.3, -0.25) is 0 Å². The van der Waals surface area contributed by atoms with Gasteiger partial charge in [0.1, 0.15) is 5.82 Å². The molecular formula is C12H17FN2O. The van der Waals surface area contributed by atoms with Gasteiger partial charge in [0, 0.05) is 20.2 Å². The van der Waals surface area contributed by atoms with Gasteiger partial charge in [-0.25, -0.2) is 4.39 Å². The number of hydrogen-bond acceptors (Lipinski definition) is 3. The number of rotatable bonds is 3. The second kappa shape index (κ2) is 4.80. The predicted molar refractivity (Wildman–Crippen MR) is 61.9 cm³/mol. The van der Waals surface area contributed by atoms with Gasteiger partial charge < -0.3 is 15.4 Å². The third-order valence-corrected chi connectivity index (χ3v) is 3.10. The van der Waals surface area contributed by atoms with Crippen molar-refractivity contribution in [3.8, 4) is 0 Å². The maximum absolute atomic E-state index is 13.8. The van der Waals surface area contributed by atoms with E-state index in [1.54, 1.807) is 6.07 Å². The average molecular weight is 224 g/mol. The first-order valence-electron chi connectivity index (χ1n) is 5.52. The molecule has 1 heterocycles. The normalized spacial score (nSPS) is 20.1. The van der Waals surface area contributed by atoms with E-state index in [0.717, 1.165) is 18.6 Å². The molecule has 88 valence electrons. The summed E-state index contributed by atoms with van der Waals surface area (Å²) < 4.78 is 19.1. The number of halogens is 1. The minimum absolute atomic E-state index is 0.211. The van der Waals surface area contributed by atoms with Gasteiger partial charge in [0.25, 0.3) is 0 Å². The van der Waals surface area contributed by atoms with Gasteiger partial charge in [0.05, 0.1) is 18.3 Å². The van der Waals surface area contributed by atoms with Crippen LogP contribution in [0.25, 0.3) is 0 Å². The van der Waals surface area contributed by atoms with E-state index in [2.05, 4.69) is 0 Å². The van der Waals surface area contributed by atoms with E-state index in [1.165, 1.54) is 6.07 Å². The number of benzene rings is 1. The fourth-order valence-electron chi connectivity index (χ4n) is 2.13. The Kier molecular flexibility index (Phi) is 3.41. The number of nitrogens with zero attached hydrogens (tertiary/aromatic N) is 1. The van der Waals surface area contributed by atoms with Crippen LogP contribution in [0, 0.1) is 5.82 Å². The summed E-state index contributed by atoms with van der Waals surface area (Å²) in [6.45, 7) is 1.77. The predicted octanol–water partition coefficient (Wildman–Crippen LogP) is 1.51. The zero-order valence-corrected chi connectivity index (χ0v) is 9.45. The second-order valence-electron chi connectivity index (χ2n) is 4.08. The van der Waals surface area contributed by atoms with Crippen LogP contribution >= 0.6 is 0 Å². The molecule has 1 unspecified atom stereocenters. The minimum Gasteiger partial charge on any atom is -0.379 e. The molecule has 1 atom stereocenters. The summed E-state index contributed by atoms with van der Waals surface area (Å²) in [5.41, 5.74) is 7.09. The average Bonchev–Trinajstić information content (AvgIpc) is 2.81. The number of nitrogens with two attached hydrogens (primary N) is 1. The molecule has 0 spiro atoms. The summed E-state index contributed by atoms with van der Waals surface area (Å²) in [6.07, 6.45) is 0.939. The van der Waals surface area contributed by atoms with Crippen molar-refractivity contribution < 1.29 is 9.13 Å². The molecule has 1 aliphatic heterocycles. The summed E-state index contributed by atoms with van der Waals surface area (Å²) in [7, 11) is 1.90. The first kappa shape index (κ1) is 11.4. The number of para-hydroxylation sites is 1. The molecule has 0 saturated carbocycles. The van der Waals surface area contributed by atoms with E-state index < -0.39 is 0 Å². The van der Waals surface area contributed by atoms with Crippen LogP contribution in [0.3, 0.4) is 0 Å². The van der Waals surface area contributed by atoms with E-state index in [0.29, 0.717) is 18.8 Å². The summed E-state index contributed by atoms with van der Waals surface area (Å²) in [5.74, 6) is -0.211. The molecule has 1 aromatic rings. The minimum atomic E-state index is -0.211. The summed E-state index contributed by atoms with van der Waals surface area (Å²) >= 11 is 0. The third-order valence-electron chi connectivity index (χ3n) is 3.10. The highest BCUT2D eigenvalue weighted by Gasteiger charge is 2.23.